The molecule has 0 amide bonds. The van der Waals surface area contributed by atoms with Crippen molar-refractivity contribution in [3.05, 3.63) is 83.6 Å². The van der Waals surface area contributed by atoms with Gasteiger partial charge in [-0.05, 0) is 38.2 Å². The van der Waals surface area contributed by atoms with Crippen LogP contribution in [0.3, 0.4) is 0 Å². The molecule has 1 aliphatic heterocycles. The molecule has 4 rings (SSSR count). The Morgan fingerprint density at radius 3 is 2.34 bits per heavy atom. The lowest BCUT2D eigenvalue weighted by Crippen LogP contribution is -2.12. The average Bonchev–Trinajstić information content (AvgIpc) is 3.05. The van der Waals surface area contributed by atoms with Gasteiger partial charge in [0.1, 0.15) is 17.9 Å². The van der Waals surface area contributed by atoms with Crippen LogP contribution in [0, 0.1) is 0 Å². The fraction of sp³-hybridized carbons (Fsp3) is 0.200. The minimum absolute atomic E-state index is 0.464. The number of para-hydroxylation sites is 2. The van der Waals surface area contributed by atoms with Gasteiger partial charge in [0.2, 0.25) is 0 Å². The molecule has 0 saturated heterocycles. The summed E-state index contributed by atoms with van der Waals surface area (Å²) >= 11 is 0. The van der Waals surface area contributed by atoms with Crippen LogP contribution in [0.5, 0.6) is 5.75 Å². The molecule has 0 atom stereocenters. The van der Waals surface area contributed by atoms with E-state index in [1.54, 1.807) is 0 Å². The van der Waals surface area contributed by atoms with Gasteiger partial charge in [0.15, 0.2) is 5.76 Å². The summed E-state index contributed by atoms with van der Waals surface area (Å²) in [7, 11) is 4.20. The van der Waals surface area contributed by atoms with Crippen molar-refractivity contribution in [2.75, 3.05) is 20.6 Å². The minimum atomic E-state index is -1.26. The number of carboxylic acid groups (broad SMARTS) is 2. The van der Waals surface area contributed by atoms with Gasteiger partial charge in [0, 0.05) is 35.2 Å². The van der Waals surface area contributed by atoms with E-state index in [1.165, 1.54) is 11.1 Å². The van der Waals surface area contributed by atoms with E-state index < -0.39 is 11.9 Å². The molecule has 166 valence electrons. The molecular weight excluding hydrogens is 410 g/mol. The molecule has 0 fully saturated rings. The van der Waals surface area contributed by atoms with Crippen molar-refractivity contribution < 1.29 is 29.0 Å². The van der Waals surface area contributed by atoms with Crippen LogP contribution in [0.2, 0.25) is 0 Å². The number of nitrogens with zero attached hydrogens (tertiary/aromatic N) is 1. The number of hydrogen-bond donors (Lipinski definition) is 2. The molecule has 0 saturated carbocycles. The van der Waals surface area contributed by atoms with Crippen LogP contribution in [0.1, 0.15) is 23.3 Å². The topological polar surface area (TPSA) is 100 Å². The number of fused-ring (bicyclic) bond motifs is 4. The number of carboxylic acids is 2. The molecule has 0 spiro atoms. The van der Waals surface area contributed by atoms with E-state index in [0.717, 1.165) is 41.0 Å². The summed E-state index contributed by atoms with van der Waals surface area (Å²) in [6, 6.07) is 16.5. The second kappa shape index (κ2) is 10.5. The van der Waals surface area contributed by atoms with Gasteiger partial charge in [0.25, 0.3) is 0 Å². The fourth-order valence-electron chi connectivity index (χ4n) is 3.41. The maximum atomic E-state index is 9.55. The molecule has 0 unspecified atom stereocenters. The lowest BCUT2D eigenvalue weighted by Gasteiger charge is -2.11. The highest BCUT2D eigenvalue weighted by Crippen LogP contribution is 2.41. The van der Waals surface area contributed by atoms with Crippen molar-refractivity contribution in [3.63, 3.8) is 0 Å². The van der Waals surface area contributed by atoms with Gasteiger partial charge in [-0.1, -0.05) is 42.5 Å². The summed E-state index contributed by atoms with van der Waals surface area (Å²) in [5.41, 5.74) is 4.45. The number of carbonyl (C=O) groups is 2. The number of benzene rings is 2. The first kappa shape index (κ1) is 22.8. The van der Waals surface area contributed by atoms with Gasteiger partial charge in [-0.2, -0.15) is 0 Å². The smallest absolute Gasteiger partial charge is 0.328 e. The van der Waals surface area contributed by atoms with Gasteiger partial charge >= 0.3 is 11.9 Å². The van der Waals surface area contributed by atoms with Crippen LogP contribution in [-0.4, -0.2) is 47.7 Å². The maximum absolute atomic E-state index is 9.55. The van der Waals surface area contributed by atoms with Gasteiger partial charge in [-0.25, -0.2) is 9.59 Å². The first-order chi connectivity index (χ1) is 15.4. The Morgan fingerprint density at radius 2 is 1.66 bits per heavy atom. The van der Waals surface area contributed by atoms with E-state index in [2.05, 4.69) is 49.3 Å². The molecule has 2 N–H and O–H groups in total. The lowest BCUT2D eigenvalue weighted by atomic mass is 9.94. The van der Waals surface area contributed by atoms with Crippen molar-refractivity contribution in [1.82, 2.24) is 4.90 Å². The number of ether oxygens (including phenoxy) is 1. The third kappa shape index (κ3) is 5.65. The van der Waals surface area contributed by atoms with E-state index >= 15 is 0 Å². The highest BCUT2D eigenvalue weighted by atomic mass is 16.5. The van der Waals surface area contributed by atoms with Gasteiger partial charge in [-0.15, -0.1) is 0 Å². The Labute approximate surface area is 185 Å². The number of aliphatic carboxylic acids is 2. The maximum Gasteiger partial charge on any atom is 0.328 e. The van der Waals surface area contributed by atoms with Gasteiger partial charge < -0.3 is 24.3 Å². The molecule has 2 heterocycles. The number of rotatable bonds is 5. The predicted octanol–water partition coefficient (Wildman–Crippen LogP) is 4.42. The molecule has 32 heavy (non-hydrogen) atoms. The first-order valence-corrected chi connectivity index (χ1v) is 10.1. The summed E-state index contributed by atoms with van der Waals surface area (Å²) in [6.07, 6.45) is 4.41. The van der Waals surface area contributed by atoms with E-state index in [4.69, 9.17) is 19.4 Å². The zero-order valence-electron chi connectivity index (χ0n) is 17.9. The Bertz CT molecular complexity index is 1160. The van der Waals surface area contributed by atoms with Crippen LogP contribution >= 0.6 is 0 Å². The Balaban J connectivity index is 0.000000312. The molecule has 1 aromatic heterocycles. The molecule has 0 radical (unpaired) electrons. The van der Waals surface area contributed by atoms with E-state index in [0.29, 0.717) is 18.8 Å². The standard InChI is InChI=1S/C21H21NO2.C4H4O4/c1-22(2)13-7-10-16-15-8-3-5-11-18(15)23-14-20-21(16)17-9-4-6-12-19(17)24-20;5-3(6)1-2-4(7)8/h3-6,8-12H,7,13-14H2,1-2H3;1-2H,(H,5,6)(H,7,8)/b16-10-;2-1+. The van der Waals surface area contributed by atoms with Crippen LogP contribution in [0.25, 0.3) is 16.5 Å². The van der Waals surface area contributed by atoms with Crippen molar-refractivity contribution in [3.8, 4) is 5.75 Å². The first-order valence-electron chi connectivity index (χ1n) is 10.1. The Kier molecular flexibility index (Phi) is 7.46. The summed E-state index contributed by atoms with van der Waals surface area (Å²) in [5, 5.41) is 16.8. The predicted molar refractivity (Wildman–Crippen MR) is 122 cm³/mol. The zero-order valence-corrected chi connectivity index (χ0v) is 17.9. The zero-order chi connectivity index (χ0) is 23.1. The summed E-state index contributed by atoms with van der Waals surface area (Å²) in [4.78, 5) is 21.3. The fourth-order valence-corrected chi connectivity index (χ4v) is 3.41. The molecule has 7 heteroatoms. The van der Waals surface area contributed by atoms with Crippen LogP contribution in [-0.2, 0) is 16.2 Å². The molecular formula is C25H25NO6. The Hall–Kier alpha value is -3.84. The van der Waals surface area contributed by atoms with Gasteiger partial charge in [0.05, 0.1) is 0 Å². The van der Waals surface area contributed by atoms with Crippen molar-refractivity contribution in [2.45, 2.75) is 13.0 Å². The third-order valence-corrected chi connectivity index (χ3v) is 4.77. The molecule has 0 aliphatic carbocycles. The van der Waals surface area contributed by atoms with Crippen molar-refractivity contribution in [1.29, 1.82) is 0 Å². The molecule has 3 aromatic rings. The highest BCUT2D eigenvalue weighted by molar-refractivity contribution is 5.98. The lowest BCUT2D eigenvalue weighted by molar-refractivity contribution is -0.134. The van der Waals surface area contributed by atoms with Crippen LogP contribution < -0.4 is 4.74 Å². The van der Waals surface area contributed by atoms with E-state index in [9.17, 15) is 9.59 Å². The third-order valence-electron chi connectivity index (χ3n) is 4.77. The average molecular weight is 435 g/mol. The summed E-state index contributed by atoms with van der Waals surface area (Å²) in [6.45, 7) is 1.48. The quantitative estimate of drug-likeness (QED) is 0.572. The number of hydrogen-bond acceptors (Lipinski definition) is 5. The molecule has 2 aromatic carbocycles. The Morgan fingerprint density at radius 1 is 1.00 bits per heavy atom. The number of furan rings is 1. The largest absolute Gasteiger partial charge is 0.485 e. The van der Waals surface area contributed by atoms with E-state index in [1.807, 2.05) is 24.3 Å². The second-order valence-electron chi connectivity index (χ2n) is 7.40. The minimum Gasteiger partial charge on any atom is -0.485 e. The molecule has 1 aliphatic rings. The van der Waals surface area contributed by atoms with Crippen molar-refractivity contribution in [2.24, 2.45) is 0 Å². The summed E-state index contributed by atoms with van der Waals surface area (Å²) in [5.74, 6) is -0.688. The summed E-state index contributed by atoms with van der Waals surface area (Å²) < 4.78 is 12.1. The van der Waals surface area contributed by atoms with Crippen molar-refractivity contribution >= 4 is 28.5 Å². The highest BCUT2D eigenvalue weighted by Gasteiger charge is 2.24. The molecule has 7 nitrogen and oxygen atoms in total. The monoisotopic (exact) mass is 435 g/mol. The molecule has 0 bridgehead atoms. The van der Waals surface area contributed by atoms with Gasteiger partial charge in [-0.3, -0.25) is 0 Å². The van der Waals surface area contributed by atoms with E-state index in [-0.39, 0.29) is 0 Å². The van der Waals surface area contributed by atoms with Crippen LogP contribution in [0.4, 0.5) is 0 Å². The van der Waals surface area contributed by atoms with Crippen LogP contribution in [0.15, 0.2) is 71.2 Å². The SMILES string of the molecule is CN(C)CC/C=C1/c2ccccc2OCc2oc3ccccc3c21.O=C(O)/C=C/C(=O)O. The second-order valence-corrected chi connectivity index (χ2v) is 7.40. The normalized spacial score (nSPS) is 13.8.